The zero-order valence-corrected chi connectivity index (χ0v) is 21.2. The number of aromatic nitrogens is 2. The van der Waals surface area contributed by atoms with E-state index < -0.39 is 0 Å². The molecule has 5 nitrogen and oxygen atoms in total. The lowest BCUT2D eigenvalue weighted by Gasteiger charge is -2.13. The summed E-state index contributed by atoms with van der Waals surface area (Å²) in [5, 5.41) is 4.89. The monoisotopic (exact) mass is 491 g/mol. The average molecular weight is 492 g/mol. The van der Waals surface area contributed by atoms with Crippen LogP contribution in [0.25, 0.3) is 23.0 Å². The maximum Gasteiger partial charge on any atom is 0.266 e. The van der Waals surface area contributed by atoms with E-state index >= 15 is 0 Å². The minimum absolute atomic E-state index is 0.0236. The van der Waals surface area contributed by atoms with E-state index in [1.807, 2.05) is 71.6 Å². The van der Waals surface area contributed by atoms with E-state index in [0.717, 1.165) is 53.9 Å². The molecule has 0 saturated carbocycles. The van der Waals surface area contributed by atoms with Gasteiger partial charge in [-0.3, -0.25) is 9.69 Å². The molecule has 0 radical (unpaired) electrons. The molecule has 0 atom stereocenters. The molecule has 1 aliphatic rings. The van der Waals surface area contributed by atoms with Crippen molar-refractivity contribution in [2.24, 2.45) is 0 Å². The molecule has 1 fully saturated rings. The topological polar surface area (TPSA) is 47.4 Å². The largest absolute Gasteiger partial charge is 0.494 e. The van der Waals surface area contributed by atoms with Crippen molar-refractivity contribution < 1.29 is 9.53 Å². The molecule has 0 aliphatic carbocycles. The summed E-state index contributed by atoms with van der Waals surface area (Å²) >= 11 is 6.88. The van der Waals surface area contributed by atoms with Crippen molar-refractivity contribution in [1.82, 2.24) is 14.7 Å². The minimum Gasteiger partial charge on any atom is -0.494 e. The van der Waals surface area contributed by atoms with E-state index in [1.165, 1.54) is 11.8 Å². The third-order valence-electron chi connectivity index (χ3n) is 5.49. The molecule has 1 saturated heterocycles. The summed E-state index contributed by atoms with van der Waals surface area (Å²) in [6.45, 7) is 5.57. The maximum atomic E-state index is 13.1. The van der Waals surface area contributed by atoms with Gasteiger partial charge in [-0.25, -0.2) is 4.68 Å². The lowest BCUT2D eigenvalue weighted by Crippen LogP contribution is -2.28. The van der Waals surface area contributed by atoms with Gasteiger partial charge in [-0.05, 0) is 43.2 Å². The smallest absolute Gasteiger partial charge is 0.266 e. The number of unbranched alkanes of at least 4 members (excludes halogenated alkanes) is 2. The fourth-order valence-electron chi connectivity index (χ4n) is 3.74. The Hall–Kier alpha value is -2.90. The molecule has 0 bridgehead atoms. The van der Waals surface area contributed by atoms with Crippen molar-refractivity contribution in [3.8, 4) is 22.7 Å². The molecular weight excluding hydrogens is 462 g/mol. The van der Waals surface area contributed by atoms with Gasteiger partial charge >= 0.3 is 0 Å². The zero-order chi connectivity index (χ0) is 23.9. The van der Waals surface area contributed by atoms with Crippen molar-refractivity contribution in [3.63, 3.8) is 0 Å². The van der Waals surface area contributed by atoms with Crippen LogP contribution in [0.1, 0.15) is 45.1 Å². The van der Waals surface area contributed by atoms with Crippen molar-refractivity contribution in [3.05, 3.63) is 71.3 Å². The third-order valence-corrected chi connectivity index (χ3v) is 6.87. The molecule has 7 heteroatoms. The molecule has 0 spiro atoms. The second-order valence-electron chi connectivity index (χ2n) is 8.13. The Labute approximate surface area is 210 Å². The van der Waals surface area contributed by atoms with Crippen LogP contribution >= 0.6 is 24.0 Å². The molecule has 0 N–H and O–H groups in total. The van der Waals surface area contributed by atoms with Gasteiger partial charge in [0, 0.05) is 23.9 Å². The van der Waals surface area contributed by atoms with Crippen molar-refractivity contribution in [2.75, 3.05) is 13.2 Å². The first kappa shape index (κ1) is 24.2. The molecule has 2 aromatic carbocycles. The van der Waals surface area contributed by atoms with Crippen molar-refractivity contribution in [2.45, 2.75) is 39.5 Å². The van der Waals surface area contributed by atoms with Crippen LogP contribution in [-0.4, -0.2) is 38.1 Å². The van der Waals surface area contributed by atoms with E-state index in [0.29, 0.717) is 22.4 Å². The van der Waals surface area contributed by atoms with Crippen LogP contribution in [0.15, 0.2) is 65.7 Å². The van der Waals surface area contributed by atoms with Crippen LogP contribution in [-0.2, 0) is 4.79 Å². The molecule has 3 aromatic rings. The Morgan fingerprint density at radius 3 is 2.65 bits per heavy atom. The first-order chi connectivity index (χ1) is 16.6. The summed E-state index contributed by atoms with van der Waals surface area (Å²) in [6.07, 6.45) is 7.97. The molecule has 1 amide bonds. The number of thiocarbonyl (C=S) groups is 1. The lowest BCUT2D eigenvalue weighted by atomic mass is 10.1. The van der Waals surface area contributed by atoms with Gasteiger partial charge in [0.05, 0.1) is 17.2 Å². The predicted octanol–water partition coefficient (Wildman–Crippen LogP) is 6.72. The molecule has 0 unspecified atom stereocenters. The number of amides is 1. The number of thioether (sulfide) groups is 1. The summed E-state index contributed by atoms with van der Waals surface area (Å²) in [7, 11) is 0. The number of hydrogen-bond acceptors (Lipinski definition) is 5. The Kier molecular flexibility index (Phi) is 8.19. The molecule has 2 heterocycles. The number of para-hydroxylation sites is 1. The number of carbonyl (C=O) groups excluding carboxylic acids is 1. The average Bonchev–Trinajstić information content (AvgIpc) is 3.40. The number of hydrogen-bond donors (Lipinski definition) is 0. The highest BCUT2D eigenvalue weighted by molar-refractivity contribution is 8.26. The van der Waals surface area contributed by atoms with Gasteiger partial charge in [0.25, 0.3) is 5.91 Å². The molecule has 1 aromatic heterocycles. The Morgan fingerprint density at radius 2 is 1.88 bits per heavy atom. The van der Waals surface area contributed by atoms with Crippen LogP contribution in [0.2, 0.25) is 0 Å². The summed E-state index contributed by atoms with van der Waals surface area (Å²) in [4.78, 5) is 15.5. The van der Waals surface area contributed by atoms with E-state index in [2.05, 4.69) is 13.8 Å². The molecule has 1 aliphatic heterocycles. The van der Waals surface area contributed by atoms with Gasteiger partial charge in [0.1, 0.15) is 15.8 Å². The summed E-state index contributed by atoms with van der Waals surface area (Å²) in [6, 6.07) is 17.9. The fraction of sp³-hybridized carbons (Fsp3) is 0.296. The van der Waals surface area contributed by atoms with E-state index in [9.17, 15) is 4.79 Å². The highest BCUT2D eigenvalue weighted by Crippen LogP contribution is 2.35. The number of benzene rings is 2. The van der Waals surface area contributed by atoms with Gasteiger partial charge in [0.2, 0.25) is 0 Å². The first-order valence-corrected chi connectivity index (χ1v) is 13.0. The third kappa shape index (κ3) is 5.59. The van der Waals surface area contributed by atoms with Crippen molar-refractivity contribution >= 4 is 40.3 Å². The molecule has 34 heavy (non-hydrogen) atoms. The van der Waals surface area contributed by atoms with Crippen molar-refractivity contribution in [1.29, 1.82) is 0 Å². The molecule has 176 valence electrons. The molecular formula is C27H29N3O2S2. The zero-order valence-electron chi connectivity index (χ0n) is 19.6. The van der Waals surface area contributed by atoms with Crippen LogP contribution in [0.4, 0.5) is 0 Å². The minimum atomic E-state index is -0.0236. The number of rotatable bonds is 10. The Balaban J connectivity index is 1.71. The Morgan fingerprint density at radius 1 is 1.06 bits per heavy atom. The second-order valence-corrected chi connectivity index (χ2v) is 9.81. The fourth-order valence-corrected chi connectivity index (χ4v) is 5.04. The second kappa shape index (κ2) is 11.5. The van der Waals surface area contributed by atoms with Gasteiger partial charge < -0.3 is 4.74 Å². The maximum absolute atomic E-state index is 13.1. The van der Waals surface area contributed by atoms with E-state index in [-0.39, 0.29) is 5.91 Å². The lowest BCUT2D eigenvalue weighted by molar-refractivity contribution is -0.122. The van der Waals surface area contributed by atoms with Crippen LogP contribution < -0.4 is 4.74 Å². The van der Waals surface area contributed by atoms with Gasteiger partial charge in [-0.15, -0.1) is 0 Å². The number of ether oxygens (including phenoxy) is 1. The van der Waals surface area contributed by atoms with Crippen LogP contribution in [0.3, 0.4) is 0 Å². The number of nitrogens with zero attached hydrogens (tertiary/aromatic N) is 3. The quantitative estimate of drug-likeness (QED) is 0.179. The van der Waals surface area contributed by atoms with Gasteiger partial charge in [-0.1, -0.05) is 81.0 Å². The Bertz CT molecular complexity index is 1190. The standard InChI is InChI=1S/C27H29N3O2S2/c1-3-5-9-15-29-26(31)24(34-27(29)33)18-21-19-30(22-12-7-6-8-13-22)28-25(21)20-11-10-14-23(17-20)32-16-4-2/h6-8,10-14,17-19H,3-5,9,15-16H2,1-2H3. The predicted molar refractivity (Wildman–Crippen MR) is 144 cm³/mol. The summed E-state index contributed by atoms with van der Waals surface area (Å²) in [5.41, 5.74) is 3.55. The van der Waals surface area contributed by atoms with Gasteiger partial charge in [-0.2, -0.15) is 5.10 Å². The highest BCUT2D eigenvalue weighted by atomic mass is 32.2. The van der Waals surface area contributed by atoms with Gasteiger partial charge in [0.15, 0.2) is 0 Å². The summed E-state index contributed by atoms with van der Waals surface area (Å²) < 4.78 is 8.32. The normalized spacial score (nSPS) is 14.9. The van der Waals surface area contributed by atoms with E-state index in [1.54, 1.807) is 4.90 Å². The molecule has 4 rings (SSSR count). The van der Waals surface area contributed by atoms with Crippen LogP contribution in [0, 0.1) is 0 Å². The van der Waals surface area contributed by atoms with Crippen LogP contribution in [0.5, 0.6) is 5.75 Å². The highest BCUT2D eigenvalue weighted by Gasteiger charge is 2.32. The first-order valence-electron chi connectivity index (χ1n) is 11.7. The SMILES string of the molecule is CCCCCN1C(=O)C(=Cc2cn(-c3ccccc3)nc2-c2cccc(OCCC)c2)SC1=S. The van der Waals surface area contributed by atoms with E-state index in [4.69, 9.17) is 22.1 Å². The number of carbonyl (C=O) groups is 1. The summed E-state index contributed by atoms with van der Waals surface area (Å²) in [5.74, 6) is 0.784.